The second kappa shape index (κ2) is 2.50. The maximum atomic E-state index is 4.93. The highest BCUT2D eigenvalue weighted by Crippen LogP contribution is 1.78. The quantitative estimate of drug-likeness (QED) is 0.348. The van der Waals surface area contributed by atoms with Crippen molar-refractivity contribution in [3.63, 3.8) is 0 Å². The van der Waals surface area contributed by atoms with E-state index in [0.717, 1.165) is 0 Å². The molecule has 0 saturated carbocycles. The Bertz CT molecular complexity index is 23.6. The largest absolute Gasteiger partial charge is 0.358 e. The van der Waals surface area contributed by atoms with Gasteiger partial charge in [0.05, 0.1) is 0 Å². The Labute approximate surface area is 36.7 Å². The summed E-state index contributed by atoms with van der Waals surface area (Å²) in [6, 6.07) is 0. The fourth-order valence-corrected chi connectivity index (χ4v) is 0. The maximum Gasteiger partial charge on any atom is 0.150 e. The van der Waals surface area contributed by atoms with Crippen molar-refractivity contribution in [1.29, 1.82) is 0 Å². The summed E-state index contributed by atoms with van der Waals surface area (Å²) in [6.45, 7) is 0. The summed E-state index contributed by atoms with van der Waals surface area (Å²) in [6.07, 6.45) is 0. The normalized spacial score (nSPS) is 15.0. The van der Waals surface area contributed by atoms with Crippen LogP contribution in [0.15, 0.2) is 0 Å². The van der Waals surface area contributed by atoms with E-state index in [4.69, 9.17) is 5.73 Å². The summed E-state index contributed by atoms with van der Waals surface area (Å²) in [4.78, 5) is 0. The van der Waals surface area contributed by atoms with Crippen molar-refractivity contribution in [3.05, 3.63) is 0 Å². The maximum absolute atomic E-state index is 4.93. The molecule has 0 aliphatic carbocycles. The molecule has 3 heteroatoms. The zero-order valence-corrected chi connectivity index (χ0v) is 3.90. The fourth-order valence-electron chi connectivity index (χ4n) is 0. The van der Waals surface area contributed by atoms with E-state index in [-0.39, 0.29) is 0 Å². The number of hydrogen-bond donors (Lipinski definition) is 2. The second-order valence-electron chi connectivity index (χ2n) is 0.626. The molecule has 0 aromatic rings. The lowest BCUT2D eigenvalue weighted by molar-refractivity contribution is 0.180. The van der Waals surface area contributed by atoms with Gasteiger partial charge in [-0.05, 0) is 0 Å². The van der Waals surface area contributed by atoms with Crippen LogP contribution < -0.4 is 5.73 Å². The van der Waals surface area contributed by atoms with Crippen molar-refractivity contribution >= 4 is 12.6 Å². The predicted octanol–water partition coefficient (Wildman–Crippen LogP) is -0.195. The van der Waals surface area contributed by atoms with Crippen LogP contribution in [0.4, 0.5) is 0 Å². The van der Waals surface area contributed by atoms with E-state index < -0.39 is 5.56 Å². The lowest BCUT2D eigenvalue weighted by atomic mass is 11.3. The van der Waals surface area contributed by atoms with Crippen LogP contribution in [-0.2, 0) is 4.74 Å². The van der Waals surface area contributed by atoms with Crippen LogP contribution in [0.5, 0.6) is 0 Å². The van der Waals surface area contributed by atoms with Gasteiger partial charge in [-0.2, -0.15) is 0 Å². The molecular weight excluding hydrogens is 86.1 g/mol. The fraction of sp³-hybridized carbons (Fsp3) is 1.00. The van der Waals surface area contributed by atoms with Crippen molar-refractivity contribution < 1.29 is 4.74 Å². The number of nitrogens with two attached hydrogens (primary N) is 1. The van der Waals surface area contributed by atoms with Crippen molar-refractivity contribution in [3.8, 4) is 0 Å². The number of methoxy groups -OCH3 is 1. The lowest BCUT2D eigenvalue weighted by Gasteiger charge is -1.94. The number of thiol groups is 1. The molecule has 0 aromatic carbocycles. The highest BCUT2D eigenvalue weighted by molar-refractivity contribution is 7.80. The molecule has 0 unspecified atom stereocenters. The molecular formula is C2H7NOS. The van der Waals surface area contributed by atoms with Crippen molar-refractivity contribution in [2.75, 3.05) is 7.11 Å². The highest BCUT2D eigenvalue weighted by Gasteiger charge is 1.79. The first kappa shape index (κ1) is 5.27. The summed E-state index contributed by atoms with van der Waals surface area (Å²) in [7, 11) is 1.50. The van der Waals surface area contributed by atoms with Crippen molar-refractivity contribution in [1.82, 2.24) is 0 Å². The first-order chi connectivity index (χ1) is 2.27. The minimum Gasteiger partial charge on any atom is -0.358 e. The van der Waals surface area contributed by atoms with E-state index in [0.29, 0.717) is 0 Å². The predicted molar refractivity (Wildman–Crippen MR) is 24.0 cm³/mol. The van der Waals surface area contributed by atoms with Gasteiger partial charge in [-0.1, -0.05) is 0 Å². The monoisotopic (exact) mass is 93.0 g/mol. The molecule has 0 aromatic heterocycles. The third-order valence-electron chi connectivity index (χ3n) is 0.241. The SMILES string of the molecule is CO[C@@H](N)S. The van der Waals surface area contributed by atoms with Crippen LogP contribution >= 0.6 is 12.6 Å². The second-order valence-corrected chi connectivity index (χ2v) is 1.14. The standard InChI is InChI=1S/C2H7NOS/c1-4-2(3)5/h2,5H,3H2,1H3/t2-/m1/s1. The number of hydrogen-bond acceptors (Lipinski definition) is 3. The van der Waals surface area contributed by atoms with Crippen molar-refractivity contribution in [2.45, 2.75) is 5.56 Å². The zero-order chi connectivity index (χ0) is 4.28. The molecule has 0 rings (SSSR count). The Hall–Kier alpha value is 0.270. The van der Waals surface area contributed by atoms with Gasteiger partial charge in [0, 0.05) is 7.11 Å². The summed E-state index contributed by atoms with van der Waals surface area (Å²) in [5, 5.41) is 0. The number of ether oxygens (including phenoxy) is 1. The topological polar surface area (TPSA) is 35.2 Å². The van der Waals surface area contributed by atoms with Crippen LogP contribution in [-0.4, -0.2) is 12.7 Å². The zero-order valence-electron chi connectivity index (χ0n) is 3.01. The molecule has 0 saturated heterocycles. The molecule has 0 fully saturated rings. The van der Waals surface area contributed by atoms with Gasteiger partial charge < -0.3 is 4.74 Å². The first-order valence-corrected chi connectivity index (χ1v) is 1.75. The third-order valence-corrected chi connectivity index (χ3v) is 0.452. The molecule has 0 heterocycles. The number of rotatable bonds is 1. The van der Waals surface area contributed by atoms with Gasteiger partial charge in [-0.25, -0.2) is 0 Å². The van der Waals surface area contributed by atoms with E-state index in [1.807, 2.05) is 0 Å². The van der Waals surface area contributed by atoms with Gasteiger partial charge >= 0.3 is 0 Å². The van der Waals surface area contributed by atoms with E-state index in [1.54, 1.807) is 0 Å². The van der Waals surface area contributed by atoms with E-state index in [1.165, 1.54) is 7.11 Å². The molecule has 0 spiro atoms. The Morgan fingerprint density at radius 1 is 2.00 bits per heavy atom. The average Bonchev–Trinajstić information content (AvgIpc) is 1.38. The van der Waals surface area contributed by atoms with Gasteiger partial charge in [0.1, 0.15) is 0 Å². The first-order valence-electron chi connectivity index (χ1n) is 1.24. The smallest absolute Gasteiger partial charge is 0.150 e. The van der Waals surface area contributed by atoms with Gasteiger partial charge in [-0.15, -0.1) is 12.6 Å². The van der Waals surface area contributed by atoms with Crippen LogP contribution in [0.25, 0.3) is 0 Å². The minimum atomic E-state index is -0.421. The molecule has 2 N–H and O–H groups in total. The Kier molecular flexibility index (Phi) is 2.64. The van der Waals surface area contributed by atoms with Gasteiger partial charge in [0.2, 0.25) is 0 Å². The molecule has 5 heavy (non-hydrogen) atoms. The molecule has 0 radical (unpaired) electrons. The average molecular weight is 93.2 g/mol. The van der Waals surface area contributed by atoms with Gasteiger partial charge in [-0.3, -0.25) is 5.73 Å². The van der Waals surface area contributed by atoms with Crippen LogP contribution in [0.1, 0.15) is 0 Å². The van der Waals surface area contributed by atoms with Crippen LogP contribution in [0.2, 0.25) is 0 Å². The molecule has 0 aliphatic rings. The van der Waals surface area contributed by atoms with Crippen molar-refractivity contribution in [2.24, 2.45) is 5.73 Å². The Morgan fingerprint density at radius 2 is 2.20 bits per heavy atom. The van der Waals surface area contributed by atoms with E-state index in [9.17, 15) is 0 Å². The summed E-state index contributed by atoms with van der Waals surface area (Å²) in [5.74, 6) is 0. The third kappa shape index (κ3) is 4.27. The molecule has 2 nitrogen and oxygen atoms in total. The Balaban J connectivity index is 2.54. The van der Waals surface area contributed by atoms with E-state index in [2.05, 4.69) is 17.4 Å². The molecule has 1 atom stereocenters. The lowest BCUT2D eigenvalue weighted by Crippen LogP contribution is -2.12. The highest BCUT2D eigenvalue weighted by atomic mass is 32.1. The molecule has 0 aliphatic heterocycles. The van der Waals surface area contributed by atoms with Gasteiger partial charge in [0.25, 0.3) is 0 Å². The summed E-state index contributed by atoms with van der Waals surface area (Å²) in [5.41, 5.74) is 4.51. The van der Waals surface area contributed by atoms with Crippen LogP contribution in [0.3, 0.4) is 0 Å². The minimum absolute atomic E-state index is 0.421. The van der Waals surface area contributed by atoms with Crippen LogP contribution in [0, 0.1) is 0 Å². The molecule has 0 bridgehead atoms. The van der Waals surface area contributed by atoms with E-state index >= 15 is 0 Å². The molecule has 0 amide bonds. The Morgan fingerprint density at radius 3 is 2.20 bits per heavy atom. The molecule has 32 valence electrons. The summed E-state index contributed by atoms with van der Waals surface area (Å²) < 4.78 is 4.39. The van der Waals surface area contributed by atoms with Gasteiger partial charge in [0.15, 0.2) is 5.56 Å². The summed E-state index contributed by atoms with van der Waals surface area (Å²) >= 11 is 3.65.